The summed E-state index contributed by atoms with van der Waals surface area (Å²) in [4.78, 5) is 9.02. The van der Waals surface area contributed by atoms with Crippen LogP contribution in [0.15, 0.2) is 122 Å². The Hall–Kier alpha value is -5.08. The second-order valence-corrected chi connectivity index (χ2v) is 9.50. The molecule has 7 aromatic rings. The number of rotatable bonds is 4. The van der Waals surface area contributed by atoms with E-state index in [1.54, 1.807) is 6.33 Å². The molecule has 0 atom stereocenters. The molecule has 2 nitrogen and oxygen atoms in total. The highest BCUT2D eigenvalue weighted by Gasteiger charge is 2.06. The maximum Gasteiger partial charge on any atom is 0.116 e. The van der Waals surface area contributed by atoms with Gasteiger partial charge in [0.15, 0.2) is 0 Å². The molecule has 0 spiro atoms. The van der Waals surface area contributed by atoms with Gasteiger partial charge >= 0.3 is 0 Å². The topological polar surface area (TPSA) is 25.8 Å². The molecule has 0 unspecified atom stereocenters. The molecule has 1 heterocycles. The summed E-state index contributed by atoms with van der Waals surface area (Å²) in [6.45, 7) is 0. The van der Waals surface area contributed by atoms with E-state index in [0.29, 0.717) is 0 Å². The van der Waals surface area contributed by atoms with E-state index in [1.165, 1.54) is 54.2 Å². The maximum absolute atomic E-state index is 4.51. The van der Waals surface area contributed by atoms with Gasteiger partial charge in [-0.2, -0.15) is 0 Å². The van der Waals surface area contributed by atoms with Crippen molar-refractivity contribution in [3.8, 4) is 0 Å². The highest BCUT2D eigenvalue weighted by atomic mass is 14.8. The Morgan fingerprint density at radius 1 is 0.368 bits per heavy atom. The van der Waals surface area contributed by atoms with E-state index in [-0.39, 0.29) is 0 Å². The fraction of sp³-hybridized carbons (Fsp3) is 0. The van der Waals surface area contributed by atoms with E-state index >= 15 is 0 Å². The molecule has 0 amide bonds. The number of fused-ring (bicyclic) bond motifs is 6. The summed E-state index contributed by atoms with van der Waals surface area (Å²) in [6.07, 6.45) is 10.1. The second-order valence-electron chi connectivity index (χ2n) is 9.50. The smallest absolute Gasteiger partial charge is 0.116 e. The first-order valence-electron chi connectivity index (χ1n) is 12.8. The first kappa shape index (κ1) is 22.1. The van der Waals surface area contributed by atoms with E-state index in [4.69, 9.17) is 0 Å². The third kappa shape index (κ3) is 4.03. The average Bonchev–Trinajstić information content (AvgIpc) is 2.99. The van der Waals surface area contributed by atoms with Crippen molar-refractivity contribution in [2.24, 2.45) is 0 Å². The van der Waals surface area contributed by atoms with Crippen molar-refractivity contribution in [2.75, 3.05) is 0 Å². The minimum Gasteiger partial charge on any atom is -0.237 e. The molecular weight excluding hydrogens is 460 g/mol. The van der Waals surface area contributed by atoms with Crippen LogP contribution in [0.1, 0.15) is 22.5 Å². The minimum absolute atomic E-state index is 0.875. The van der Waals surface area contributed by atoms with Crippen LogP contribution >= 0.6 is 0 Å². The van der Waals surface area contributed by atoms with Gasteiger partial charge in [0.05, 0.1) is 11.4 Å². The van der Waals surface area contributed by atoms with Gasteiger partial charge in [0.2, 0.25) is 0 Å². The third-order valence-electron chi connectivity index (χ3n) is 7.18. The molecule has 0 radical (unpaired) electrons. The fourth-order valence-electron chi connectivity index (χ4n) is 5.36. The quantitative estimate of drug-likeness (QED) is 0.233. The lowest BCUT2D eigenvalue weighted by Crippen LogP contribution is -1.87. The molecule has 2 heteroatoms. The van der Waals surface area contributed by atoms with E-state index in [2.05, 4.69) is 143 Å². The molecule has 7 rings (SSSR count). The molecule has 0 aliphatic carbocycles. The van der Waals surface area contributed by atoms with Gasteiger partial charge in [0.1, 0.15) is 6.33 Å². The Kier molecular flexibility index (Phi) is 5.49. The van der Waals surface area contributed by atoms with Crippen molar-refractivity contribution in [3.05, 3.63) is 144 Å². The van der Waals surface area contributed by atoms with E-state index in [1.807, 2.05) is 6.07 Å². The van der Waals surface area contributed by atoms with Crippen molar-refractivity contribution in [1.29, 1.82) is 0 Å². The summed E-state index contributed by atoms with van der Waals surface area (Å²) < 4.78 is 0. The van der Waals surface area contributed by atoms with E-state index in [9.17, 15) is 0 Å². The monoisotopic (exact) mass is 484 g/mol. The summed E-state index contributed by atoms with van der Waals surface area (Å²) in [5.74, 6) is 0. The molecule has 38 heavy (non-hydrogen) atoms. The van der Waals surface area contributed by atoms with Gasteiger partial charge < -0.3 is 0 Å². The van der Waals surface area contributed by atoms with Crippen LogP contribution in [-0.2, 0) is 0 Å². The lowest BCUT2D eigenvalue weighted by Gasteiger charge is -2.08. The number of hydrogen-bond acceptors (Lipinski definition) is 2. The molecule has 0 saturated heterocycles. The predicted octanol–water partition coefficient (Wildman–Crippen LogP) is 9.43. The number of benzene rings is 6. The molecule has 0 fully saturated rings. The predicted molar refractivity (Wildman–Crippen MR) is 163 cm³/mol. The average molecular weight is 485 g/mol. The van der Waals surface area contributed by atoms with Crippen molar-refractivity contribution < 1.29 is 0 Å². The van der Waals surface area contributed by atoms with Crippen LogP contribution in [0.2, 0.25) is 0 Å². The zero-order valence-corrected chi connectivity index (χ0v) is 20.8. The summed E-state index contributed by atoms with van der Waals surface area (Å²) in [6, 6.07) is 40.8. The molecule has 0 aliphatic heterocycles. The summed E-state index contributed by atoms with van der Waals surface area (Å²) in [7, 11) is 0. The normalized spacial score (nSPS) is 12.0. The Labute approximate surface area is 221 Å². The highest BCUT2D eigenvalue weighted by molar-refractivity contribution is 6.12. The lowest BCUT2D eigenvalue weighted by molar-refractivity contribution is 1.14. The van der Waals surface area contributed by atoms with Crippen LogP contribution in [-0.4, -0.2) is 9.97 Å². The summed E-state index contributed by atoms with van der Waals surface area (Å²) in [5, 5.41) is 10.0. The Morgan fingerprint density at radius 2 is 0.763 bits per heavy atom. The SMILES string of the molecule is C(=C\c1cc2ccccc2c2ccccc12)/c1cc(/C=C/c2cc3ccccc3c3ccccc23)ncn1. The van der Waals surface area contributed by atoms with Crippen LogP contribution < -0.4 is 0 Å². The fourth-order valence-corrected chi connectivity index (χ4v) is 5.36. The standard InChI is InChI=1S/C36H24N2/c1-3-11-31-25(9-1)21-27(33-13-5-7-15-35(31)33)17-19-29-23-30(38-24-37-29)20-18-28-22-26-10-2-4-12-32(26)36-16-8-6-14-34(28)36/h1-24H/b19-17+,20-18+. The minimum atomic E-state index is 0.875. The van der Waals surface area contributed by atoms with Gasteiger partial charge in [0, 0.05) is 0 Å². The van der Waals surface area contributed by atoms with E-state index in [0.717, 1.165) is 11.4 Å². The molecule has 0 aliphatic rings. The summed E-state index contributed by atoms with van der Waals surface area (Å²) >= 11 is 0. The lowest BCUT2D eigenvalue weighted by atomic mass is 9.97. The zero-order valence-electron chi connectivity index (χ0n) is 20.8. The second kappa shape index (κ2) is 9.42. The van der Waals surface area contributed by atoms with Crippen molar-refractivity contribution in [1.82, 2.24) is 9.97 Å². The third-order valence-corrected chi connectivity index (χ3v) is 7.18. The largest absolute Gasteiger partial charge is 0.237 e. The Morgan fingerprint density at radius 3 is 1.24 bits per heavy atom. The first-order valence-corrected chi connectivity index (χ1v) is 12.8. The number of hydrogen-bond donors (Lipinski definition) is 0. The van der Waals surface area contributed by atoms with Crippen molar-refractivity contribution in [2.45, 2.75) is 0 Å². The van der Waals surface area contributed by atoms with Gasteiger partial charge in [-0.15, -0.1) is 0 Å². The molecule has 1 aromatic heterocycles. The molecule has 178 valence electrons. The number of aromatic nitrogens is 2. The van der Waals surface area contributed by atoms with Crippen molar-refractivity contribution in [3.63, 3.8) is 0 Å². The van der Waals surface area contributed by atoms with Crippen LogP contribution in [0.4, 0.5) is 0 Å². The van der Waals surface area contributed by atoms with Crippen LogP contribution in [0.3, 0.4) is 0 Å². The van der Waals surface area contributed by atoms with Gasteiger partial charge in [-0.1, -0.05) is 109 Å². The van der Waals surface area contributed by atoms with E-state index < -0.39 is 0 Å². The van der Waals surface area contributed by atoms with Gasteiger partial charge in [-0.3, -0.25) is 0 Å². The van der Waals surface area contributed by atoms with Gasteiger partial charge in [-0.25, -0.2) is 9.97 Å². The van der Waals surface area contributed by atoms with Crippen LogP contribution in [0.5, 0.6) is 0 Å². The van der Waals surface area contributed by atoms with Crippen molar-refractivity contribution >= 4 is 67.4 Å². The van der Waals surface area contributed by atoms with Gasteiger partial charge in [-0.05, 0) is 84.6 Å². The summed E-state index contributed by atoms with van der Waals surface area (Å²) in [5.41, 5.74) is 4.11. The van der Waals surface area contributed by atoms with Crippen LogP contribution in [0, 0.1) is 0 Å². The molecule has 0 saturated carbocycles. The highest BCUT2D eigenvalue weighted by Crippen LogP contribution is 2.31. The molecule has 0 bridgehead atoms. The molecule has 6 aromatic carbocycles. The molecular formula is C36H24N2. The molecule has 0 N–H and O–H groups in total. The van der Waals surface area contributed by atoms with Crippen LogP contribution in [0.25, 0.3) is 67.4 Å². The Balaban J connectivity index is 1.24. The first-order chi connectivity index (χ1) is 18.8. The number of nitrogens with zero attached hydrogens (tertiary/aromatic N) is 2. The maximum atomic E-state index is 4.51. The zero-order chi connectivity index (χ0) is 25.3. The Bertz CT molecular complexity index is 1890. The van der Waals surface area contributed by atoms with Gasteiger partial charge in [0.25, 0.3) is 0 Å².